The monoisotopic (exact) mass is 404 g/mol. The molecule has 4 aromatic rings. The Hall–Kier alpha value is -3.61. The van der Waals surface area contributed by atoms with Gasteiger partial charge in [0.2, 0.25) is 0 Å². The number of hydrogen-bond acceptors (Lipinski definition) is 4. The molecular weight excluding hydrogens is 380 g/mol. The van der Waals surface area contributed by atoms with Gasteiger partial charge in [-0.05, 0) is 62.7 Å². The highest BCUT2D eigenvalue weighted by atomic mass is 16.5. The van der Waals surface area contributed by atoms with Crippen LogP contribution < -0.4 is 15.6 Å². The first-order valence-electron chi connectivity index (χ1n) is 10.0. The zero-order valence-electron chi connectivity index (χ0n) is 17.3. The van der Waals surface area contributed by atoms with Crippen LogP contribution in [0.3, 0.4) is 0 Å². The lowest BCUT2D eigenvalue weighted by molar-refractivity contribution is 0.0951. The topological polar surface area (TPSA) is 77.6 Å². The van der Waals surface area contributed by atoms with Crippen molar-refractivity contribution in [1.29, 1.82) is 0 Å². The fourth-order valence-electron chi connectivity index (χ4n) is 3.52. The number of carbonyl (C=O) groups excluding carboxylic acids is 1. The van der Waals surface area contributed by atoms with Crippen molar-refractivity contribution in [2.24, 2.45) is 0 Å². The number of fused-ring (bicyclic) bond motifs is 3. The van der Waals surface area contributed by atoms with Crippen molar-refractivity contribution in [3.05, 3.63) is 76.2 Å². The number of rotatable bonds is 6. The molecule has 0 bridgehead atoms. The van der Waals surface area contributed by atoms with Crippen LogP contribution in [0.5, 0.6) is 5.75 Å². The Kier molecular flexibility index (Phi) is 5.27. The molecule has 7 nitrogen and oxygen atoms in total. The Morgan fingerprint density at radius 2 is 1.83 bits per heavy atom. The predicted molar refractivity (Wildman–Crippen MR) is 116 cm³/mol. The molecule has 1 N–H and O–H groups in total. The molecule has 0 aliphatic heterocycles. The minimum absolute atomic E-state index is 0.118. The zero-order chi connectivity index (χ0) is 21.3. The van der Waals surface area contributed by atoms with E-state index < -0.39 is 0 Å². The summed E-state index contributed by atoms with van der Waals surface area (Å²) in [6.07, 6.45) is 1.72. The highest BCUT2D eigenvalue weighted by molar-refractivity contribution is 5.97. The Labute approximate surface area is 173 Å². The second kappa shape index (κ2) is 8.02. The maximum absolute atomic E-state index is 12.7. The van der Waals surface area contributed by atoms with Gasteiger partial charge in [0.1, 0.15) is 11.3 Å². The minimum Gasteiger partial charge on any atom is -0.491 e. The summed E-state index contributed by atoms with van der Waals surface area (Å²) in [5.41, 5.74) is 3.34. The Bertz CT molecular complexity index is 1270. The summed E-state index contributed by atoms with van der Waals surface area (Å²) in [5, 5.41) is 7.19. The van der Waals surface area contributed by atoms with Crippen LogP contribution >= 0.6 is 0 Å². The highest BCUT2D eigenvalue weighted by Gasteiger charge is 2.13. The van der Waals surface area contributed by atoms with Gasteiger partial charge in [-0.3, -0.25) is 9.59 Å². The normalized spacial score (nSPS) is 11.3. The van der Waals surface area contributed by atoms with Crippen molar-refractivity contribution in [1.82, 2.24) is 19.5 Å². The molecule has 0 spiro atoms. The first-order chi connectivity index (χ1) is 14.5. The molecule has 7 heteroatoms. The number of ether oxygens (including phenoxy) is 1. The molecule has 0 fully saturated rings. The van der Waals surface area contributed by atoms with Gasteiger partial charge in [0, 0.05) is 18.7 Å². The van der Waals surface area contributed by atoms with Crippen LogP contribution in [-0.2, 0) is 13.1 Å². The fraction of sp³-hybridized carbons (Fsp3) is 0.261. The van der Waals surface area contributed by atoms with Crippen LogP contribution in [0.15, 0.2) is 59.5 Å². The number of amides is 1. The highest BCUT2D eigenvalue weighted by Crippen LogP contribution is 2.17. The molecule has 30 heavy (non-hydrogen) atoms. The molecule has 2 heterocycles. The van der Waals surface area contributed by atoms with E-state index in [-0.39, 0.29) is 17.6 Å². The summed E-state index contributed by atoms with van der Waals surface area (Å²) in [6.45, 7) is 6.78. The number of aryl methyl sites for hydroxylation is 1. The average molecular weight is 404 g/mol. The van der Waals surface area contributed by atoms with Crippen molar-refractivity contribution in [3.8, 4) is 5.75 Å². The Morgan fingerprint density at radius 1 is 1.07 bits per heavy atom. The van der Waals surface area contributed by atoms with E-state index in [2.05, 4.69) is 10.4 Å². The van der Waals surface area contributed by atoms with Crippen LogP contribution in [0.1, 0.15) is 36.7 Å². The molecule has 0 saturated carbocycles. The van der Waals surface area contributed by atoms with E-state index in [1.165, 1.54) is 0 Å². The number of benzene rings is 2. The SMILES string of the molecule is CCn1c(=O)c2ccnn2c2ccc(C(=O)NCc3ccc(OC(C)C)cc3)cc21. The van der Waals surface area contributed by atoms with Gasteiger partial charge in [-0.2, -0.15) is 5.10 Å². The van der Waals surface area contributed by atoms with Crippen molar-refractivity contribution >= 4 is 22.5 Å². The second-order valence-corrected chi connectivity index (χ2v) is 7.37. The lowest BCUT2D eigenvalue weighted by Crippen LogP contribution is -2.25. The lowest BCUT2D eigenvalue weighted by Gasteiger charge is -2.12. The summed E-state index contributed by atoms with van der Waals surface area (Å²) in [6, 6.07) is 14.7. The average Bonchev–Trinajstić information content (AvgIpc) is 3.23. The van der Waals surface area contributed by atoms with E-state index in [4.69, 9.17) is 4.74 Å². The van der Waals surface area contributed by atoms with Crippen LogP contribution in [0.4, 0.5) is 0 Å². The van der Waals surface area contributed by atoms with Gasteiger partial charge in [-0.25, -0.2) is 4.52 Å². The van der Waals surface area contributed by atoms with Gasteiger partial charge >= 0.3 is 0 Å². The van der Waals surface area contributed by atoms with Gasteiger partial charge in [-0.15, -0.1) is 0 Å². The number of aromatic nitrogens is 3. The summed E-state index contributed by atoms with van der Waals surface area (Å²) in [4.78, 5) is 25.4. The third-order valence-corrected chi connectivity index (χ3v) is 4.93. The third-order valence-electron chi connectivity index (χ3n) is 4.93. The van der Waals surface area contributed by atoms with E-state index >= 15 is 0 Å². The molecule has 2 aromatic carbocycles. The number of carbonyl (C=O) groups is 1. The van der Waals surface area contributed by atoms with Crippen molar-refractivity contribution in [3.63, 3.8) is 0 Å². The van der Waals surface area contributed by atoms with E-state index in [9.17, 15) is 9.59 Å². The van der Waals surface area contributed by atoms with E-state index in [0.717, 1.165) is 16.8 Å². The summed E-state index contributed by atoms with van der Waals surface area (Å²) in [7, 11) is 0. The fourth-order valence-corrected chi connectivity index (χ4v) is 3.52. The standard InChI is InChI=1S/C23H24N4O3/c1-4-26-21-13-17(7-10-19(21)27-20(23(26)29)11-12-25-27)22(28)24-14-16-5-8-18(9-6-16)30-15(2)3/h5-13,15H,4,14H2,1-3H3,(H,24,28). The van der Waals surface area contributed by atoms with Crippen LogP contribution in [0.25, 0.3) is 16.6 Å². The molecular formula is C23H24N4O3. The van der Waals surface area contributed by atoms with Gasteiger partial charge in [0.05, 0.1) is 23.3 Å². The minimum atomic E-state index is -0.199. The number of nitrogens with zero attached hydrogens (tertiary/aromatic N) is 3. The van der Waals surface area contributed by atoms with Crippen molar-refractivity contribution < 1.29 is 9.53 Å². The summed E-state index contributed by atoms with van der Waals surface area (Å²) in [5.74, 6) is 0.604. The summed E-state index contributed by atoms with van der Waals surface area (Å²) < 4.78 is 8.92. The molecule has 4 rings (SSSR count). The van der Waals surface area contributed by atoms with Gasteiger partial charge in [0.15, 0.2) is 0 Å². The summed E-state index contributed by atoms with van der Waals surface area (Å²) >= 11 is 0. The third kappa shape index (κ3) is 3.66. The van der Waals surface area contributed by atoms with Crippen LogP contribution in [0, 0.1) is 0 Å². The van der Waals surface area contributed by atoms with E-state index in [1.807, 2.05) is 51.1 Å². The molecule has 0 aliphatic rings. The van der Waals surface area contributed by atoms with Crippen LogP contribution in [0.2, 0.25) is 0 Å². The Morgan fingerprint density at radius 3 is 2.53 bits per heavy atom. The van der Waals surface area contributed by atoms with Gasteiger partial charge in [0.25, 0.3) is 11.5 Å². The molecule has 154 valence electrons. The smallest absolute Gasteiger partial charge is 0.277 e. The van der Waals surface area contributed by atoms with Crippen LogP contribution in [-0.4, -0.2) is 26.2 Å². The molecule has 2 aromatic heterocycles. The van der Waals surface area contributed by atoms with Crippen molar-refractivity contribution in [2.45, 2.75) is 40.0 Å². The predicted octanol–water partition coefficient (Wildman–Crippen LogP) is 3.39. The van der Waals surface area contributed by atoms with E-state index in [1.54, 1.807) is 33.5 Å². The molecule has 0 radical (unpaired) electrons. The zero-order valence-corrected chi connectivity index (χ0v) is 17.3. The first-order valence-corrected chi connectivity index (χ1v) is 10.0. The number of hydrogen-bond donors (Lipinski definition) is 1. The largest absolute Gasteiger partial charge is 0.491 e. The van der Waals surface area contributed by atoms with Gasteiger partial charge < -0.3 is 14.6 Å². The van der Waals surface area contributed by atoms with Gasteiger partial charge in [-0.1, -0.05) is 12.1 Å². The molecule has 0 aliphatic carbocycles. The van der Waals surface area contributed by atoms with E-state index in [0.29, 0.717) is 29.7 Å². The molecule has 0 unspecified atom stereocenters. The lowest BCUT2D eigenvalue weighted by atomic mass is 10.1. The first kappa shape index (κ1) is 19.7. The molecule has 1 amide bonds. The second-order valence-electron chi connectivity index (χ2n) is 7.37. The molecule has 0 atom stereocenters. The number of nitrogens with one attached hydrogen (secondary N) is 1. The maximum atomic E-state index is 12.7. The maximum Gasteiger partial charge on any atom is 0.277 e. The Balaban J connectivity index is 1.58. The quantitative estimate of drug-likeness (QED) is 0.534. The van der Waals surface area contributed by atoms with Crippen molar-refractivity contribution in [2.75, 3.05) is 0 Å². The molecule has 0 saturated heterocycles.